The number of sulfone groups is 1. The third kappa shape index (κ3) is 5.19. The van der Waals surface area contributed by atoms with Crippen molar-refractivity contribution in [1.82, 2.24) is 0 Å². The average Bonchev–Trinajstić information content (AvgIpc) is 3.26. The topological polar surface area (TPSA) is 79.3 Å². The van der Waals surface area contributed by atoms with Crippen LogP contribution < -0.4 is 14.5 Å². The third-order valence-electron chi connectivity index (χ3n) is 6.06. The number of ether oxygens (including phenoxy) is 1. The quantitative estimate of drug-likeness (QED) is 0.592. The molecule has 0 radical (unpaired) electrons. The van der Waals surface area contributed by atoms with Crippen LogP contribution in [0.15, 0.2) is 53.5 Å². The minimum atomic E-state index is -3.11. The smallest absolute Gasteiger partial charge is 0.252 e. The van der Waals surface area contributed by atoms with E-state index in [4.69, 9.17) is 4.74 Å². The molecule has 33 heavy (non-hydrogen) atoms. The van der Waals surface area contributed by atoms with Gasteiger partial charge in [0.25, 0.3) is 5.91 Å². The molecule has 0 aliphatic carbocycles. The molecule has 4 rings (SSSR count). The predicted molar refractivity (Wildman–Crippen MR) is 135 cm³/mol. The van der Waals surface area contributed by atoms with E-state index in [1.807, 2.05) is 53.4 Å². The first-order valence-corrected chi connectivity index (χ1v) is 13.8. The van der Waals surface area contributed by atoms with Gasteiger partial charge >= 0.3 is 0 Å². The van der Waals surface area contributed by atoms with Crippen molar-refractivity contribution in [3.8, 4) is 5.75 Å². The third-order valence-corrected chi connectivity index (χ3v) is 9.27. The summed E-state index contributed by atoms with van der Waals surface area (Å²) < 4.78 is 29.8. The van der Waals surface area contributed by atoms with Crippen LogP contribution in [0.1, 0.15) is 19.4 Å². The Labute approximate surface area is 199 Å². The second-order valence-electron chi connectivity index (χ2n) is 8.17. The number of carbonyl (C=O) groups excluding carboxylic acids is 1. The minimum absolute atomic E-state index is 0.0775. The molecule has 2 aliphatic rings. The minimum Gasteiger partial charge on any atom is -0.497 e. The van der Waals surface area contributed by atoms with Crippen LogP contribution in [0, 0.1) is 0 Å². The van der Waals surface area contributed by atoms with Gasteiger partial charge in [-0.3, -0.25) is 4.79 Å². The molecule has 0 spiro atoms. The van der Waals surface area contributed by atoms with Gasteiger partial charge in [-0.1, -0.05) is 23.9 Å². The van der Waals surface area contributed by atoms with Gasteiger partial charge < -0.3 is 14.5 Å². The molecule has 2 aromatic rings. The van der Waals surface area contributed by atoms with Crippen molar-refractivity contribution in [2.75, 3.05) is 41.5 Å². The molecule has 7 nitrogen and oxygen atoms in total. The van der Waals surface area contributed by atoms with E-state index in [-0.39, 0.29) is 35.1 Å². The summed E-state index contributed by atoms with van der Waals surface area (Å²) in [5.74, 6) is 0.670. The van der Waals surface area contributed by atoms with E-state index in [0.717, 1.165) is 35.8 Å². The molecule has 0 N–H and O–H groups in total. The van der Waals surface area contributed by atoms with Crippen LogP contribution >= 0.6 is 11.8 Å². The largest absolute Gasteiger partial charge is 0.497 e. The van der Waals surface area contributed by atoms with Crippen LogP contribution in [0.25, 0.3) is 0 Å². The summed E-state index contributed by atoms with van der Waals surface area (Å²) in [5.41, 5.74) is 2.82. The van der Waals surface area contributed by atoms with E-state index in [1.54, 1.807) is 7.11 Å². The van der Waals surface area contributed by atoms with Gasteiger partial charge in [0.1, 0.15) is 5.75 Å². The Bertz CT molecular complexity index is 1130. The van der Waals surface area contributed by atoms with Crippen molar-refractivity contribution in [3.63, 3.8) is 0 Å². The van der Waals surface area contributed by atoms with E-state index >= 15 is 0 Å². The number of thioether (sulfide) groups is 1. The van der Waals surface area contributed by atoms with Crippen molar-refractivity contribution >= 4 is 44.0 Å². The average molecular weight is 488 g/mol. The standard InChI is InChI=1S/C24H29N3O4S2/c1-4-26(5-2)18-8-10-19(11-9-18)27-21-15-33(29,30)16-22(21)32-24(27)25-23(28)14-17-6-12-20(31-3)13-7-17/h6-13,21-22H,4-5,14-16H2,1-3H3/t21-,22+/m0/s1. The lowest BCUT2D eigenvalue weighted by Crippen LogP contribution is -2.37. The van der Waals surface area contributed by atoms with Crippen LogP contribution in [0.2, 0.25) is 0 Å². The zero-order valence-corrected chi connectivity index (χ0v) is 20.7. The number of hydrogen-bond acceptors (Lipinski definition) is 6. The highest BCUT2D eigenvalue weighted by Gasteiger charge is 2.49. The van der Waals surface area contributed by atoms with Crippen LogP contribution in [0.4, 0.5) is 11.4 Å². The molecular formula is C24H29N3O4S2. The van der Waals surface area contributed by atoms with Crippen LogP contribution in [-0.2, 0) is 21.1 Å². The van der Waals surface area contributed by atoms with Crippen LogP contribution in [0.5, 0.6) is 5.75 Å². The number of anilines is 2. The summed E-state index contributed by atoms with van der Waals surface area (Å²) in [6.07, 6.45) is 0.177. The number of amidine groups is 1. The van der Waals surface area contributed by atoms with Gasteiger partial charge in [0.05, 0.1) is 31.1 Å². The Morgan fingerprint density at radius 2 is 1.76 bits per heavy atom. The van der Waals surface area contributed by atoms with Crippen molar-refractivity contribution in [1.29, 1.82) is 0 Å². The summed E-state index contributed by atoms with van der Waals surface area (Å²) in [4.78, 5) is 21.4. The van der Waals surface area contributed by atoms with E-state index in [2.05, 4.69) is 23.7 Å². The van der Waals surface area contributed by atoms with E-state index in [9.17, 15) is 13.2 Å². The second-order valence-corrected chi connectivity index (χ2v) is 11.5. The molecule has 0 saturated carbocycles. The summed E-state index contributed by atoms with van der Waals surface area (Å²) >= 11 is 1.40. The van der Waals surface area contributed by atoms with E-state index in [0.29, 0.717) is 5.17 Å². The molecule has 2 saturated heterocycles. The highest BCUT2D eigenvalue weighted by molar-refractivity contribution is 8.16. The van der Waals surface area contributed by atoms with Gasteiger partial charge in [0.15, 0.2) is 15.0 Å². The van der Waals surface area contributed by atoms with Crippen LogP contribution in [0.3, 0.4) is 0 Å². The molecule has 0 bridgehead atoms. The monoisotopic (exact) mass is 487 g/mol. The molecule has 1 amide bonds. The van der Waals surface area contributed by atoms with Crippen molar-refractivity contribution in [3.05, 3.63) is 54.1 Å². The fourth-order valence-electron chi connectivity index (χ4n) is 4.34. The van der Waals surface area contributed by atoms with E-state index in [1.165, 1.54) is 11.8 Å². The highest BCUT2D eigenvalue weighted by atomic mass is 32.2. The number of amides is 1. The lowest BCUT2D eigenvalue weighted by molar-refractivity contribution is -0.117. The fraction of sp³-hybridized carbons (Fsp3) is 0.417. The van der Waals surface area contributed by atoms with Crippen molar-refractivity contribution < 1.29 is 17.9 Å². The molecular weight excluding hydrogens is 458 g/mol. The first kappa shape index (κ1) is 23.6. The number of carbonyl (C=O) groups is 1. The molecule has 2 atom stereocenters. The normalized spacial score (nSPS) is 22.4. The number of nitrogens with zero attached hydrogens (tertiary/aromatic N) is 3. The molecule has 2 heterocycles. The first-order chi connectivity index (χ1) is 15.8. The zero-order chi connectivity index (χ0) is 23.6. The fourth-order valence-corrected chi connectivity index (χ4v) is 8.27. The lowest BCUT2D eigenvalue weighted by atomic mass is 10.1. The van der Waals surface area contributed by atoms with Gasteiger partial charge in [-0.25, -0.2) is 8.42 Å². The SMILES string of the molecule is CCN(CC)c1ccc(N2C(=NC(=O)Cc3ccc(OC)cc3)S[C@@H]3CS(=O)(=O)C[C@@H]32)cc1. The number of hydrogen-bond donors (Lipinski definition) is 0. The number of rotatable bonds is 7. The second kappa shape index (κ2) is 9.77. The molecule has 176 valence electrons. The van der Waals surface area contributed by atoms with E-state index < -0.39 is 9.84 Å². The van der Waals surface area contributed by atoms with Gasteiger partial charge in [0, 0.05) is 29.7 Å². The molecule has 0 unspecified atom stereocenters. The summed E-state index contributed by atoms with van der Waals surface area (Å²) in [7, 11) is -1.50. The molecule has 2 fully saturated rings. The first-order valence-electron chi connectivity index (χ1n) is 11.1. The van der Waals surface area contributed by atoms with Gasteiger partial charge in [0.2, 0.25) is 0 Å². The zero-order valence-electron chi connectivity index (χ0n) is 19.1. The molecule has 0 aromatic heterocycles. The number of fused-ring (bicyclic) bond motifs is 1. The maximum atomic E-state index is 12.8. The summed E-state index contributed by atoms with van der Waals surface area (Å²) in [6.45, 7) is 6.04. The number of aliphatic imine (C=N–C) groups is 1. The molecule has 9 heteroatoms. The molecule has 2 aliphatic heterocycles. The molecule has 2 aromatic carbocycles. The Morgan fingerprint density at radius 3 is 2.36 bits per heavy atom. The van der Waals surface area contributed by atoms with Crippen molar-refractivity contribution in [2.24, 2.45) is 4.99 Å². The van der Waals surface area contributed by atoms with Gasteiger partial charge in [-0.05, 0) is 55.8 Å². The Balaban J connectivity index is 1.60. The Hall–Kier alpha value is -2.52. The maximum absolute atomic E-state index is 12.8. The van der Waals surface area contributed by atoms with Crippen molar-refractivity contribution in [2.45, 2.75) is 31.6 Å². The Kier molecular flexibility index (Phi) is 6.99. The number of methoxy groups -OCH3 is 1. The maximum Gasteiger partial charge on any atom is 0.252 e. The lowest BCUT2D eigenvalue weighted by Gasteiger charge is -2.26. The predicted octanol–water partition coefficient (Wildman–Crippen LogP) is 3.39. The highest BCUT2D eigenvalue weighted by Crippen LogP contribution is 2.41. The van der Waals surface area contributed by atoms with Crippen LogP contribution in [-0.4, -0.2) is 62.5 Å². The number of benzene rings is 2. The van der Waals surface area contributed by atoms with Gasteiger partial charge in [-0.2, -0.15) is 4.99 Å². The Morgan fingerprint density at radius 1 is 1.09 bits per heavy atom. The van der Waals surface area contributed by atoms with Gasteiger partial charge in [-0.15, -0.1) is 0 Å². The summed E-state index contributed by atoms with van der Waals surface area (Å²) in [5, 5.41) is 0.457. The summed E-state index contributed by atoms with van der Waals surface area (Å²) in [6, 6.07) is 15.2.